The summed E-state index contributed by atoms with van der Waals surface area (Å²) < 4.78 is 13.3. The Hall–Kier alpha value is -2.62. The zero-order chi connectivity index (χ0) is 15.5. The second-order valence-electron chi connectivity index (χ2n) is 5.38. The van der Waals surface area contributed by atoms with Crippen molar-refractivity contribution < 1.29 is 9.18 Å². The third-order valence-electron chi connectivity index (χ3n) is 3.82. The summed E-state index contributed by atoms with van der Waals surface area (Å²) in [7, 11) is 0. The zero-order valence-electron chi connectivity index (χ0n) is 12.3. The highest BCUT2D eigenvalue weighted by Crippen LogP contribution is 2.19. The molecule has 0 bridgehead atoms. The maximum atomic E-state index is 13.3. The van der Waals surface area contributed by atoms with E-state index in [4.69, 9.17) is 0 Å². The number of fused-ring (bicyclic) bond motifs is 1. The summed E-state index contributed by atoms with van der Waals surface area (Å²) in [5, 5.41) is 3.67. The minimum absolute atomic E-state index is 0.0755. The number of carbonyl (C=O) groups excluding carboxylic acids is 1. The highest BCUT2D eigenvalue weighted by Gasteiger charge is 2.09. The van der Waals surface area contributed by atoms with Gasteiger partial charge in [-0.3, -0.25) is 4.79 Å². The molecule has 3 aromatic rings. The minimum atomic E-state index is -0.298. The molecule has 0 saturated heterocycles. The van der Waals surface area contributed by atoms with E-state index < -0.39 is 0 Å². The molecule has 2 N–H and O–H groups in total. The predicted octanol–water partition coefficient (Wildman–Crippen LogP) is 3.47. The molecular formula is C18H17FN2O. The number of H-pyrrole nitrogens is 1. The highest BCUT2D eigenvalue weighted by atomic mass is 19.1. The molecule has 0 aliphatic heterocycles. The van der Waals surface area contributed by atoms with Gasteiger partial charge in [0.25, 0.3) is 0 Å². The molecular weight excluding hydrogens is 279 g/mol. The lowest BCUT2D eigenvalue weighted by atomic mass is 10.1. The molecule has 2 aromatic carbocycles. The van der Waals surface area contributed by atoms with Gasteiger partial charge in [-0.2, -0.15) is 0 Å². The molecule has 0 aliphatic rings. The van der Waals surface area contributed by atoms with Crippen LogP contribution in [0.15, 0.2) is 48.7 Å². The van der Waals surface area contributed by atoms with Gasteiger partial charge in [0.1, 0.15) is 5.82 Å². The first-order chi connectivity index (χ1) is 10.6. The number of amides is 1. The van der Waals surface area contributed by atoms with E-state index in [2.05, 4.69) is 10.3 Å². The largest absolute Gasteiger partial charge is 0.361 e. The van der Waals surface area contributed by atoms with Gasteiger partial charge in [-0.25, -0.2) is 4.39 Å². The van der Waals surface area contributed by atoms with Crippen LogP contribution in [0, 0.1) is 12.7 Å². The SMILES string of the molecule is Cc1ccccc1CNC(=O)Cc1c[nH]c2ccc(F)cc12. The van der Waals surface area contributed by atoms with Crippen LogP contribution in [-0.4, -0.2) is 10.9 Å². The number of benzene rings is 2. The van der Waals surface area contributed by atoms with Gasteiger partial charge in [0.05, 0.1) is 6.42 Å². The monoisotopic (exact) mass is 296 g/mol. The number of hydrogen-bond acceptors (Lipinski definition) is 1. The zero-order valence-corrected chi connectivity index (χ0v) is 12.3. The van der Waals surface area contributed by atoms with Crippen molar-refractivity contribution in [1.29, 1.82) is 0 Å². The van der Waals surface area contributed by atoms with E-state index in [0.717, 1.165) is 27.6 Å². The van der Waals surface area contributed by atoms with Gasteiger partial charge in [0.15, 0.2) is 0 Å². The lowest BCUT2D eigenvalue weighted by Crippen LogP contribution is -2.24. The summed E-state index contributed by atoms with van der Waals surface area (Å²) in [5.41, 5.74) is 3.89. The molecule has 1 aromatic heterocycles. The van der Waals surface area contributed by atoms with Crippen LogP contribution < -0.4 is 5.32 Å². The second-order valence-corrected chi connectivity index (χ2v) is 5.38. The number of nitrogens with one attached hydrogen (secondary N) is 2. The smallest absolute Gasteiger partial charge is 0.224 e. The van der Waals surface area contributed by atoms with Crippen molar-refractivity contribution in [2.75, 3.05) is 0 Å². The van der Waals surface area contributed by atoms with Gasteiger partial charge in [-0.15, -0.1) is 0 Å². The Morgan fingerprint density at radius 1 is 1.18 bits per heavy atom. The standard InChI is InChI=1S/C18H17FN2O/c1-12-4-2-3-5-13(12)10-21-18(22)8-14-11-20-17-7-6-15(19)9-16(14)17/h2-7,9,11,20H,8,10H2,1H3,(H,21,22). The molecule has 4 heteroatoms. The third-order valence-corrected chi connectivity index (χ3v) is 3.82. The van der Waals surface area contributed by atoms with Crippen molar-refractivity contribution in [2.45, 2.75) is 19.9 Å². The van der Waals surface area contributed by atoms with E-state index in [0.29, 0.717) is 6.54 Å². The van der Waals surface area contributed by atoms with E-state index in [1.165, 1.54) is 12.1 Å². The lowest BCUT2D eigenvalue weighted by molar-refractivity contribution is -0.120. The predicted molar refractivity (Wildman–Crippen MR) is 85.0 cm³/mol. The molecule has 3 nitrogen and oxygen atoms in total. The second kappa shape index (κ2) is 6.02. The fourth-order valence-corrected chi connectivity index (χ4v) is 2.53. The van der Waals surface area contributed by atoms with E-state index in [1.807, 2.05) is 31.2 Å². The van der Waals surface area contributed by atoms with E-state index in [9.17, 15) is 9.18 Å². The van der Waals surface area contributed by atoms with E-state index >= 15 is 0 Å². The summed E-state index contributed by atoms with van der Waals surface area (Å²) in [4.78, 5) is 15.2. The van der Waals surface area contributed by atoms with Crippen molar-refractivity contribution in [3.8, 4) is 0 Å². The minimum Gasteiger partial charge on any atom is -0.361 e. The molecule has 0 fully saturated rings. The summed E-state index contributed by atoms with van der Waals surface area (Å²) in [6.45, 7) is 2.52. The van der Waals surface area contributed by atoms with Crippen LogP contribution in [0.2, 0.25) is 0 Å². The molecule has 0 radical (unpaired) electrons. The van der Waals surface area contributed by atoms with Gasteiger partial charge < -0.3 is 10.3 Å². The maximum absolute atomic E-state index is 13.3. The summed E-state index contributed by atoms with van der Waals surface area (Å²) in [5.74, 6) is -0.373. The Morgan fingerprint density at radius 2 is 2.00 bits per heavy atom. The number of aromatic amines is 1. The normalized spacial score (nSPS) is 10.8. The molecule has 0 spiro atoms. The maximum Gasteiger partial charge on any atom is 0.224 e. The number of aryl methyl sites for hydroxylation is 1. The lowest BCUT2D eigenvalue weighted by Gasteiger charge is -2.07. The third kappa shape index (κ3) is 3.01. The first-order valence-corrected chi connectivity index (χ1v) is 7.20. The summed E-state index contributed by atoms with van der Waals surface area (Å²) in [6.07, 6.45) is 1.99. The molecule has 112 valence electrons. The molecule has 0 saturated carbocycles. The van der Waals surface area contributed by atoms with E-state index in [-0.39, 0.29) is 18.1 Å². The quantitative estimate of drug-likeness (QED) is 0.760. The Labute approximate surface area is 128 Å². The van der Waals surface area contributed by atoms with Crippen LogP contribution in [0.5, 0.6) is 0 Å². The van der Waals surface area contributed by atoms with Crippen LogP contribution in [0.25, 0.3) is 10.9 Å². The van der Waals surface area contributed by atoms with Crippen LogP contribution >= 0.6 is 0 Å². The van der Waals surface area contributed by atoms with Gasteiger partial charge in [-0.1, -0.05) is 24.3 Å². The van der Waals surface area contributed by atoms with Crippen LogP contribution in [0.1, 0.15) is 16.7 Å². The summed E-state index contributed by atoms with van der Waals surface area (Å²) >= 11 is 0. The fraction of sp³-hybridized carbons (Fsp3) is 0.167. The number of aromatic nitrogens is 1. The number of rotatable bonds is 4. The molecule has 22 heavy (non-hydrogen) atoms. The Morgan fingerprint density at radius 3 is 2.82 bits per heavy atom. The van der Waals surface area contributed by atoms with Crippen molar-refractivity contribution >= 4 is 16.8 Å². The Kier molecular flexibility index (Phi) is 3.92. The van der Waals surface area contributed by atoms with Gasteiger partial charge in [0.2, 0.25) is 5.91 Å². The number of halogens is 1. The van der Waals surface area contributed by atoms with Crippen LogP contribution in [-0.2, 0) is 17.8 Å². The topological polar surface area (TPSA) is 44.9 Å². The van der Waals surface area contributed by atoms with Crippen molar-refractivity contribution in [2.24, 2.45) is 0 Å². The molecule has 3 rings (SSSR count). The average Bonchev–Trinajstić information content (AvgIpc) is 2.89. The van der Waals surface area contributed by atoms with Gasteiger partial charge >= 0.3 is 0 Å². The summed E-state index contributed by atoms with van der Waals surface area (Å²) in [6, 6.07) is 12.5. The number of carbonyl (C=O) groups is 1. The Balaban J connectivity index is 1.68. The Bertz CT molecular complexity index is 823. The van der Waals surface area contributed by atoms with E-state index in [1.54, 1.807) is 12.3 Å². The molecule has 0 unspecified atom stereocenters. The highest BCUT2D eigenvalue weighted by molar-refractivity contribution is 5.88. The van der Waals surface area contributed by atoms with Gasteiger partial charge in [0, 0.05) is 23.6 Å². The van der Waals surface area contributed by atoms with Gasteiger partial charge in [-0.05, 0) is 41.8 Å². The molecule has 1 heterocycles. The fourth-order valence-electron chi connectivity index (χ4n) is 2.53. The van der Waals surface area contributed by atoms with Crippen LogP contribution in [0.3, 0.4) is 0 Å². The molecule has 1 amide bonds. The molecule has 0 aliphatic carbocycles. The first kappa shape index (κ1) is 14.3. The average molecular weight is 296 g/mol. The van der Waals surface area contributed by atoms with Crippen molar-refractivity contribution in [1.82, 2.24) is 10.3 Å². The molecule has 0 atom stereocenters. The number of hydrogen-bond donors (Lipinski definition) is 2. The van der Waals surface area contributed by atoms with Crippen molar-refractivity contribution in [3.05, 3.63) is 71.2 Å². The first-order valence-electron chi connectivity index (χ1n) is 7.20. The van der Waals surface area contributed by atoms with Crippen molar-refractivity contribution in [3.63, 3.8) is 0 Å². The van der Waals surface area contributed by atoms with Crippen LogP contribution in [0.4, 0.5) is 4.39 Å².